The maximum atomic E-state index is 6.35. The third kappa shape index (κ3) is 2.07. The highest BCUT2D eigenvalue weighted by Gasteiger charge is 2.14. The summed E-state index contributed by atoms with van der Waals surface area (Å²) >= 11 is 5.13. The van der Waals surface area contributed by atoms with Gasteiger partial charge in [-0.1, -0.05) is 24.3 Å². The van der Waals surface area contributed by atoms with E-state index in [4.69, 9.17) is 5.73 Å². The molecule has 2 aromatic heterocycles. The summed E-state index contributed by atoms with van der Waals surface area (Å²) in [6.45, 7) is 0. The first-order valence-electron chi connectivity index (χ1n) is 5.60. The third-order valence-electron chi connectivity index (χ3n) is 2.90. The lowest BCUT2D eigenvalue weighted by molar-refractivity contribution is 0.900. The summed E-state index contributed by atoms with van der Waals surface area (Å²) in [7, 11) is 0. The standard InChI is InChI=1S/C14H11BrN2S/c15-12-7-6-11(18-12)13(16)10-5-1-3-9-4-2-8-17-14(9)10/h1-8,13H,16H2. The molecule has 2 N–H and O–H groups in total. The van der Waals surface area contributed by atoms with E-state index in [1.807, 2.05) is 30.5 Å². The van der Waals surface area contributed by atoms with Crippen molar-refractivity contribution < 1.29 is 0 Å². The van der Waals surface area contributed by atoms with Gasteiger partial charge in [0.25, 0.3) is 0 Å². The molecule has 0 spiro atoms. The zero-order chi connectivity index (χ0) is 12.5. The van der Waals surface area contributed by atoms with Crippen molar-refractivity contribution in [2.24, 2.45) is 5.73 Å². The molecular weight excluding hydrogens is 308 g/mol. The molecule has 1 aromatic carbocycles. The average Bonchev–Trinajstić information content (AvgIpc) is 2.84. The molecule has 0 fully saturated rings. The zero-order valence-electron chi connectivity index (χ0n) is 9.51. The molecule has 0 aliphatic heterocycles. The molecule has 0 bridgehead atoms. The van der Waals surface area contributed by atoms with Gasteiger partial charge in [0, 0.05) is 22.0 Å². The van der Waals surface area contributed by atoms with E-state index in [1.54, 1.807) is 11.3 Å². The van der Waals surface area contributed by atoms with Crippen LogP contribution in [0.2, 0.25) is 0 Å². The Hall–Kier alpha value is -1.23. The Kier molecular flexibility index (Phi) is 3.16. The maximum Gasteiger partial charge on any atom is 0.0753 e. The lowest BCUT2D eigenvalue weighted by Gasteiger charge is -2.12. The number of aromatic nitrogens is 1. The Morgan fingerprint density at radius 2 is 1.94 bits per heavy atom. The van der Waals surface area contributed by atoms with E-state index in [2.05, 4.69) is 39.1 Å². The highest BCUT2D eigenvalue weighted by Crippen LogP contribution is 2.32. The van der Waals surface area contributed by atoms with E-state index in [0.717, 1.165) is 25.1 Å². The van der Waals surface area contributed by atoms with Crippen molar-refractivity contribution in [2.45, 2.75) is 6.04 Å². The molecule has 0 aliphatic rings. The number of benzene rings is 1. The zero-order valence-corrected chi connectivity index (χ0v) is 11.9. The minimum absolute atomic E-state index is 0.125. The fourth-order valence-corrected chi connectivity index (χ4v) is 3.47. The van der Waals surface area contributed by atoms with Gasteiger partial charge in [-0.2, -0.15) is 0 Å². The van der Waals surface area contributed by atoms with E-state index in [1.165, 1.54) is 0 Å². The maximum absolute atomic E-state index is 6.35. The van der Waals surface area contributed by atoms with Crippen LogP contribution in [0.1, 0.15) is 16.5 Å². The topological polar surface area (TPSA) is 38.9 Å². The first kappa shape index (κ1) is 11.8. The predicted molar refractivity (Wildman–Crippen MR) is 79.8 cm³/mol. The van der Waals surface area contributed by atoms with Crippen LogP contribution in [0.5, 0.6) is 0 Å². The summed E-state index contributed by atoms with van der Waals surface area (Å²) in [4.78, 5) is 5.59. The Bertz CT molecular complexity index is 688. The predicted octanol–water partition coefficient (Wildman–Crippen LogP) is 4.11. The van der Waals surface area contributed by atoms with Crippen LogP contribution >= 0.6 is 27.3 Å². The van der Waals surface area contributed by atoms with Gasteiger partial charge in [-0.25, -0.2) is 0 Å². The molecule has 1 unspecified atom stereocenters. The summed E-state index contributed by atoms with van der Waals surface area (Å²) in [5.41, 5.74) is 8.40. The Balaban J connectivity index is 2.14. The number of nitrogens with two attached hydrogens (primary N) is 1. The largest absolute Gasteiger partial charge is 0.320 e. The number of thiophene rings is 1. The van der Waals surface area contributed by atoms with Gasteiger partial charge in [0.1, 0.15) is 0 Å². The van der Waals surface area contributed by atoms with Gasteiger partial charge in [0.05, 0.1) is 15.3 Å². The summed E-state index contributed by atoms with van der Waals surface area (Å²) < 4.78 is 1.10. The lowest BCUT2D eigenvalue weighted by atomic mass is 10.0. The molecule has 3 aromatic rings. The average molecular weight is 319 g/mol. The van der Waals surface area contributed by atoms with Crippen LogP contribution in [0.25, 0.3) is 10.9 Å². The quantitative estimate of drug-likeness (QED) is 0.772. The normalized spacial score (nSPS) is 12.8. The van der Waals surface area contributed by atoms with Crippen LogP contribution in [0.4, 0.5) is 0 Å². The molecule has 2 heterocycles. The van der Waals surface area contributed by atoms with E-state index in [0.29, 0.717) is 0 Å². The molecule has 90 valence electrons. The number of hydrogen-bond acceptors (Lipinski definition) is 3. The van der Waals surface area contributed by atoms with Gasteiger partial charge in [-0.15, -0.1) is 11.3 Å². The van der Waals surface area contributed by atoms with Gasteiger partial charge < -0.3 is 5.73 Å². The van der Waals surface area contributed by atoms with Crippen LogP contribution in [-0.2, 0) is 0 Å². The molecule has 2 nitrogen and oxygen atoms in total. The number of pyridine rings is 1. The molecule has 0 saturated heterocycles. The highest BCUT2D eigenvalue weighted by atomic mass is 79.9. The van der Waals surface area contributed by atoms with Crippen molar-refractivity contribution in [1.82, 2.24) is 4.98 Å². The van der Waals surface area contributed by atoms with Crippen molar-refractivity contribution in [3.8, 4) is 0 Å². The number of rotatable bonds is 2. The van der Waals surface area contributed by atoms with E-state index < -0.39 is 0 Å². The van der Waals surface area contributed by atoms with Crippen LogP contribution < -0.4 is 5.73 Å². The molecule has 0 saturated carbocycles. The Morgan fingerprint density at radius 1 is 1.11 bits per heavy atom. The molecule has 0 aliphatic carbocycles. The first-order chi connectivity index (χ1) is 8.75. The minimum Gasteiger partial charge on any atom is -0.320 e. The van der Waals surface area contributed by atoms with Crippen molar-refractivity contribution >= 4 is 38.2 Å². The fraction of sp³-hybridized carbons (Fsp3) is 0.0714. The summed E-state index contributed by atoms with van der Waals surface area (Å²) in [5.74, 6) is 0. The van der Waals surface area contributed by atoms with Gasteiger partial charge in [0.15, 0.2) is 0 Å². The second-order valence-electron chi connectivity index (χ2n) is 4.04. The lowest BCUT2D eigenvalue weighted by Crippen LogP contribution is -2.11. The Morgan fingerprint density at radius 3 is 2.72 bits per heavy atom. The van der Waals surface area contributed by atoms with Gasteiger partial charge in [0.2, 0.25) is 0 Å². The monoisotopic (exact) mass is 318 g/mol. The molecular formula is C14H11BrN2S. The van der Waals surface area contributed by atoms with Gasteiger partial charge >= 0.3 is 0 Å². The smallest absolute Gasteiger partial charge is 0.0753 e. The second-order valence-corrected chi connectivity index (χ2v) is 6.54. The third-order valence-corrected chi connectivity index (χ3v) is 4.61. The molecule has 0 amide bonds. The Labute approximate surface area is 118 Å². The van der Waals surface area contributed by atoms with Crippen molar-refractivity contribution in [3.63, 3.8) is 0 Å². The van der Waals surface area contributed by atoms with E-state index in [-0.39, 0.29) is 6.04 Å². The van der Waals surface area contributed by atoms with E-state index >= 15 is 0 Å². The van der Waals surface area contributed by atoms with Crippen LogP contribution in [0.15, 0.2) is 52.4 Å². The summed E-state index contributed by atoms with van der Waals surface area (Å²) in [6.07, 6.45) is 1.81. The van der Waals surface area contributed by atoms with Gasteiger partial charge in [-0.3, -0.25) is 4.98 Å². The van der Waals surface area contributed by atoms with Crippen LogP contribution in [-0.4, -0.2) is 4.98 Å². The number of nitrogens with zero attached hydrogens (tertiary/aromatic N) is 1. The van der Waals surface area contributed by atoms with Crippen molar-refractivity contribution in [2.75, 3.05) is 0 Å². The summed E-state index contributed by atoms with van der Waals surface area (Å²) in [6, 6.07) is 14.1. The number of fused-ring (bicyclic) bond motifs is 1. The molecule has 1 atom stereocenters. The first-order valence-corrected chi connectivity index (χ1v) is 7.21. The molecule has 4 heteroatoms. The fourth-order valence-electron chi connectivity index (χ4n) is 2.03. The highest BCUT2D eigenvalue weighted by molar-refractivity contribution is 9.11. The minimum atomic E-state index is -0.125. The van der Waals surface area contributed by atoms with Gasteiger partial charge in [-0.05, 0) is 34.1 Å². The molecule has 18 heavy (non-hydrogen) atoms. The number of halogens is 1. The molecule has 3 rings (SSSR count). The number of hydrogen-bond donors (Lipinski definition) is 1. The molecule has 0 radical (unpaired) electrons. The summed E-state index contributed by atoms with van der Waals surface area (Å²) in [5, 5.41) is 1.13. The SMILES string of the molecule is NC(c1ccc(Br)s1)c1cccc2cccnc12. The van der Waals surface area contributed by atoms with Crippen LogP contribution in [0, 0.1) is 0 Å². The number of para-hydroxylation sites is 1. The van der Waals surface area contributed by atoms with Crippen molar-refractivity contribution in [1.29, 1.82) is 0 Å². The van der Waals surface area contributed by atoms with E-state index in [9.17, 15) is 0 Å². The van der Waals surface area contributed by atoms with Crippen LogP contribution in [0.3, 0.4) is 0 Å². The second kappa shape index (κ2) is 4.80. The van der Waals surface area contributed by atoms with Crippen molar-refractivity contribution in [3.05, 3.63) is 62.9 Å².